The number of phenolic OH excluding ortho intramolecular Hbond substituents is 1. The molecule has 0 saturated heterocycles. The molecule has 1 aromatic carbocycles. The number of hydrogen-bond donors (Lipinski definition) is 3. The van der Waals surface area contributed by atoms with Gasteiger partial charge < -0.3 is 15.5 Å². The van der Waals surface area contributed by atoms with Crippen molar-refractivity contribution in [3.63, 3.8) is 0 Å². The number of benzene rings is 1. The van der Waals surface area contributed by atoms with Gasteiger partial charge >= 0.3 is 5.97 Å². The number of aromatic hydroxyl groups is 1. The molecule has 0 heterocycles. The van der Waals surface area contributed by atoms with Crippen LogP contribution in [0.3, 0.4) is 0 Å². The first-order chi connectivity index (χ1) is 9.03. The van der Waals surface area contributed by atoms with E-state index in [-0.39, 0.29) is 24.6 Å². The fourth-order valence-electron chi connectivity index (χ4n) is 1.94. The fraction of sp³-hybridized carbons (Fsp3) is 0.429. The Kier molecular flexibility index (Phi) is 3.74. The fourth-order valence-corrected chi connectivity index (χ4v) is 1.94. The van der Waals surface area contributed by atoms with Crippen molar-refractivity contribution in [2.75, 3.05) is 6.54 Å². The quantitative estimate of drug-likeness (QED) is 0.722. The van der Waals surface area contributed by atoms with Crippen LogP contribution >= 0.6 is 0 Å². The first kappa shape index (κ1) is 13.4. The third kappa shape index (κ3) is 3.24. The number of nitrogens with one attached hydrogen (secondary N) is 1. The third-order valence-electron chi connectivity index (χ3n) is 3.54. The van der Waals surface area contributed by atoms with E-state index in [2.05, 4.69) is 5.32 Å². The van der Waals surface area contributed by atoms with Gasteiger partial charge in [-0.1, -0.05) is 18.2 Å². The number of phenols is 1. The molecule has 1 aliphatic carbocycles. The highest BCUT2D eigenvalue weighted by atomic mass is 16.4. The van der Waals surface area contributed by atoms with Crippen LogP contribution in [0, 0.1) is 5.41 Å². The average Bonchev–Trinajstić information content (AvgIpc) is 3.16. The molecule has 1 saturated carbocycles. The topological polar surface area (TPSA) is 86.6 Å². The second-order valence-electron chi connectivity index (χ2n) is 4.99. The van der Waals surface area contributed by atoms with E-state index in [1.54, 1.807) is 24.3 Å². The lowest BCUT2D eigenvalue weighted by Gasteiger charge is -2.11. The molecule has 3 N–H and O–H groups in total. The Morgan fingerprint density at radius 2 is 1.95 bits per heavy atom. The van der Waals surface area contributed by atoms with Gasteiger partial charge in [0.15, 0.2) is 0 Å². The Balaban J connectivity index is 1.77. The van der Waals surface area contributed by atoms with Gasteiger partial charge in [0.05, 0.1) is 5.41 Å². The molecular formula is C14H17NO4. The molecule has 0 aliphatic heterocycles. The molecular weight excluding hydrogens is 246 g/mol. The Morgan fingerprint density at radius 1 is 1.26 bits per heavy atom. The minimum Gasteiger partial charge on any atom is -0.508 e. The van der Waals surface area contributed by atoms with E-state index >= 15 is 0 Å². The Bertz CT molecular complexity index is 494. The summed E-state index contributed by atoms with van der Waals surface area (Å²) in [5, 5.41) is 21.2. The number of para-hydroxylation sites is 1. The zero-order valence-electron chi connectivity index (χ0n) is 10.6. The van der Waals surface area contributed by atoms with E-state index in [1.807, 2.05) is 0 Å². The molecule has 102 valence electrons. The van der Waals surface area contributed by atoms with Crippen LogP contribution in [0.4, 0.5) is 0 Å². The molecule has 0 atom stereocenters. The van der Waals surface area contributed by atoms with E-state index in [4.69, 9.17) is 5.11 Å². The van der Waals surface area contributed by atoms with Crippen LogP contribution in [0.25, 0.3) is 0 Å². The summed E-state index contributed by atoms with van der Waals surface area (Å²) in [5.74, 6) is -0.844. The summed E-state index contributed by atoms with van der Waals surface area (Å²) >= 11 is 0. The van der Waals surface area contributed by atoms with Crippen LogP contribution in [0.1, 0.15) is 24.8 Å². The molecule has 0 spiro atoms. The number of carbonyl (C=O) groups is 2. The van der Waals surface area contributed by atoms with Crippen LogP contribution < -0.4 is 5.32 Å². The van der Waals surface area contributed by atoms with Crippen molar-refractivity contribution in [1.82, 2.24) is 5.32 Å². The smallest absolute Gasteiger partial charge is 0.311 e. The van der Waals surface area contributed by atoms with Gasteiger partial charge in [-0.15, -0.1) is 0 Å². The van der Waals surface area contributed by atoms with Crippen LogP contribution in [-0.4, -0.2) is 28.6 Å². The van der Waals surface area contributed by atoms with Gasteiger partial charge in [0, 0.05) is 13.0 Å². The van der Waals surface area contributed by atoms with E-state index in [1.165, 1.54) is 0 Å². The zero-order valence-corrected chi connectivity index (χ0v) is 10.6. The van der Waals surface area contributed by atoms with Gasteiger partial charge in [0.25, 0.3) is 0 Å². The monoisotopic (exact) mass is 263 g/mol. The molecule has 1 fully saturated rings. The molecule has 1 amide bonds. The summed E-state index contributed by atoms with van der Waals surface area (Å²) < 4.78 is 0. The molecule has 1 aromatic rings. The lowest BCUT2D eigenvalue weighted by Crippen LogP contribution is -2.34. The summed E-state index contributed by atoms with van der Waals surface area (Å²) in [4.78, 5) is 22.6. The summed E-state index contributed by atoms with van der Waals surface area (Å²) in [7, 11) is 0. The lowest BCUT2D eigenvalue weighted by molar-refractivity contribution is -0.143. The molecule has 2 rings (SSSR count). The lowest BCUT2D eigenvalue weighted by atomic mass is 10.1. The molecule has 5 nitrogen and oxygen atoms in total. The maximum Gasteiger partial charge on any atom is 0.311 e. The number of carbonyl (C=O) groups excluding carboxylic acids is 1. The number of hydrogen-bond acceptors (Lipinski definition) is 3. The van der Waals surface area contributed by atoms with Crippen LogP contribution in [0.15, 0.2) is 24.3 Å². The number of aryl methyl sites for hydroxylation is 1. The van der Waals surface area contributed by atoms with Crippen molar-refractivity contribution in [2.45, 2.75) is 25.7 Å². The summed E-state index contributed by atoms with van der Waals surface area (Å²) in [6.45, 7) is 0.196. The summed E-state index contributed by atoms with van der Waals surface area (Å²) in [6, 6.07) is 6.87. The molecule has 0 unspecified atom stereocenters. The largest absolute Gasteiger partial charge is 0.508 e. The van der Waals surface area contributed by atoms with Crippen molar-refractivity contribution in [3.05, 3.63) is 29.8 Å². The highest BCUT2D eigenvalue weighted by molar-refractivity contribution is 5.81. The van der Waals surface area contributed by atoms with Crippen molar-refractivity contribution in [2.24, 2.45) is 5.41 Å². The molecule has 0 bridgehead atoms. The average molecular weight is 263 g/mol. The predicted molar refractivity (Wildman–Crippen MR) is 68.7 cm³/mol. The SMILES string of the molecule is O=C(CCc1ccccc1O)NCC1(C(=O)O)CC1. The Labute approximate surface area is 111 Å². The van der Waals surface area contributed by atoms with Gasteiger partial charge in [-0.3, -0.25) is 9.59 Å². The van der Waals surface area contributed by atoms with Gasteiger partial charge in [-0.2, -0.15) is 0 Å². The van der Waals surface area contributed by atoms with E-state index in [0.717, 1.165) is 5.56 Å². The molecule has 5 heteroatoms. The second-order valence-corrected chi connectivity index (χ2v) is 4.99. The maximum atomic E-state index is 11.6. The second kappa shape index (κ2) is 5.30. The first-order valence-corrected chi connectivity index (χ1v) is 6.30. The van der Waals surface area contributed by atoms with Crippen LogP contribution in [-0.2, 0) is 16.0 Å². The highest BCUT2D eigenvalue weighted by Crippen LogP contribution is 2.45. The van der Waals surface area contributed by atoms with Crippen molar-refractivity contribution in [1.29, 1.82) is 0 Å². The number of carboxylic acids is 1. The number of rotatable bonds is 6. The van der Waals surface area contributed by atoms with Crippen molar-refractivity contribution >= 4 is 11.9 Å². The van der Waals surface area contributed by atoms with Crippen molar-refractivity contribution in [3.8, 4) is 5.75 Å². The Morgan fingerprint density at radius 3 is 2.53 bits per heavy atom. The molecule has 0 aromatic heterocycles. The molecule has 0 radical (unpaired) electrons. The van der Waals surface area contributed by atoms with E-state index in [9.17, 15) is 14.7 Å². The minimum absolute atomic E-state index is 0.180. The van der Waals surface area contributed by atoms with Gasteiger partial charge in [-0.25, -0.2) is 0 Å². The standard InChI is InChI=1S/C14H17NO4/c16-11-4-2-1-3-10(11)5-6-12(17)15-9-14(7-8-14)13(18)19/h1-4,16H,5-9H2,(H,15,17)(H,18,19). The first-order valence-electron chi connectivity index (χ1n) is 6.30. The number of carboxylic acid groups (broad SMARTS) is 1. The maximum absolute atomic E-state index is 11.6. The third-order valence-corrected chi connectivity index (χ3v) is 3.54. The molecule has 19 heavy (non-hydrogen) atoms. The van der Waals surface area contributed by atoms with Crippen LogP contribution in [0.2, 0.25) is 0 Å². The van der Waals surface area contributed by atoms with E-state index in [0.29, 0.717) is 19.3 Å². The normalized spacial score (nSPS) is 15.8. The van der Waals surface area contributed by atoms with Gasteiger partial charge in [-0.05, 0) is 30.9 Å². The molecule has 1 aliphatic rings. The van der Waals surface area contributed by atoms with Crippen LogP contribution in [0.5, 0.6) is 5.75 Å². The number of amides is 1. The van der Waals surface area contributed by atoms with Gasteiger partial charge in [0.2, 0.25) is 5.91 Å². The zero-order chi connectivity index (χ0) is 13.9. The predicted octanol–water partition coefficient (Wildman–Crippen LogP) is 1.31. The van der Waals surface area contributed by atoms with Crippen molar-refractivity contribution < 1.29 is 19.8 Å². The summed E-state index contributed by atoms with van der Waals surface area (Å²) in [5.41, 5.74) is -0.0121. The number of aliphatic carboxylic acids is 1. The Hall–Kier alpha value is -2.04. The summed E-state index contributed by atoms with van der Waals surface area (Å²) in [6.07, 6.45) is 1.94. The minimum atomic E-state index is -0.839. The van der Waals surface area contributed by atoms with Gasteiger partial charge in [0.1, 0.15) is 5.75 Å². The van der Waals surface area contributed by atoms with E-state index < -0.39 is 11.4 Å². The highest BCUT2D eigenvalue weighted by Gasteiger charge is 2.50.